The number of anilines is 1. The quantitative estimate of drug-likeness (QED) is 0.618. The molecule has 6 nitrogen and oxygen atoms in total. The molecule has 0 saturated heterocycles. The summed E-state index contributed by atoms with van der Waals surface area (Å²) < 4.78 is 20.1. The number of ether oxygens (including phenoxy) is 1. The first-order valence-corrected chi connectivity index (χ1v) is 6.61. The first kappa shape index (κ1) is 14.4. The Hall–Kier alpha value is -2.02. The molecule has 0 atom stereocenters. The second-order valence-corrected chi connectivity index (χ2v) is 4.42. The van der Waals surface area contributed by atoms with Crippen molar-refractivity contribution in [1.82, 2.24) is 20.2 Å². The van der Waals surface area contributed by atoms with Crippen LogP contribution in [0.15, 0.2) is 18.2 Å². The molecule has 0 aliphatic carbocycles. The Bertz CT molecular complexity index is 557. The Kier molecular flexibility index (Phi) is 5.00. The third-order valence-electron chi connectivity index (χ3n) is 2.79. The van der Waals surface area contributed by atoms with Gasteiger partial charge in [0.1, 0.15) is 5.82 Å². The van der Waals surface area contributed by atoms with Crippen LogP contribution in [0.5, 0.6) is 0 Å². The minimum atomic E-state index is -0.377. The Morgan fingerprint density at radius 1 is 1.35 bits per heavy atom. The van der Waals surface area contributed by atoms with Gasteiger partial charge in [-0.1, -0.05) is 6.92 Å². The van der Waals surface area contributed by atoms with Crippen LogP contribution in [0.2, 0.25) is 0 Å². The van der Waals surface area contributed by atoms with E-state index in [-0.39, 0.29) is 5.82 Å². The molecule has 20 heavy (non-hydrogen) atoms. The molecule has 2 aromatic rings. The monoisotopic (exact) mass is 279 g/mol. The maximum atomic E-state index is 13.1. The average Bonchev–Trinajstić information content (AvgIpc) is 2.87. The highest BCUT2D eigenvalue weighted by molar-refractivity contribution is 5.71. The topological polar surface area (TPSA) is 78.8 Å². The standard InChI is InChI=1S/C13H18FN5O/c1-2-7-20-8-3-6-19-13(16-17-18-19)11-5-4-10(14)9-12(11)15/h4-5,9H,2-3,6-8,15H2,1H3. The van der Waals surface area contributed by atoms with Crippen molar-refractivity contribution in [1.29, 1.82) is 0 Å². The van der Waals surface area contributed by atoms with Gasteiger partial charge in [-0.3, -0.25) is 0 Å². The average molecular weight is 279 g/mol. The molecule has 0 aliphatic heterocycles. The van der Waals surface area contributed by atoms with Gasteiger partial charge in [0, 0.05) is 31.0 Å². The van der Waals surface area contributed by atoms with Gasteiger partial charge in [-0.05, 0) is 41.5 Å². The van der Waals surface area contributed by atoms with Crippen molar-refractivity contribution in [3.63, 3.8) is 0 Å². The summed E-state index contributed by atoms with van der Waals surface area (Å²) in [5.41, 5.74) is 6.76. The lowest BCUT2D eigenvalue weighted by molar-refractivity contribution is 0.128. The Morgan fingerprint density at radius 2 is 2.20 bits per heavy atom. The molecule has 0 spiro atoms. The third-order valence-corrected chi connectivity index (χ3v) is 2.79. The number of tetrazole rings is 1. The largest absolute Gasteiger partial charge is 0.398 e. The number of aromatic nitrogens is 4. The van der Waals surface area contributed by atoms with Crippen LogP contribution in [0.3, 0.4) is 0 Å². The highest BCUT2D eigenvalue weighted by Crippen LogP contribution is 2.24. The van der Waals surface area contributed by atoms with Crippen LogP contribution in [0.1, 0.15) is 19.8 Å². The molecule has 1 heterocycles. The normalized spacial score (nSPS) is 10.9. The van der Waals surface area contributed by atoms with Crippen molar-refractivity contribution in [3.8, 4) is 11.4 Å². The molecular weight excluding hydrogens is 261 g/mol. The summed E-state index contributed by atoms with van der Waals surface area (Å²) in [5, 5.41) is 11.5. The zero-order chi connectivity index (χ0) is 14.4. The predicted molar refractivity (Wildman–Crippen MR) is 73.4 cm³/mol. The molecule has 0 radical (unpaired) electrons. The van der Waals surface area contributed by atoms with Gasteiger partial charge in [-0.25, -0.2) is 9.07 Å². The SMILES string of the molecule is CCCOCCCn1nnnc1-c1ccc(F)cc1N. The molecule has 1 aromatic carbocycles. The predicted octanol–water partition coefficient (Wildman–Crippen LogP) is 1.88. The van der Waals surface area contributed by atoms with E-state index in [1.807, 2.05) is 0 Å². The zero-order valence-corrected chi connectivity index (χ0v) is 11.4. The van der Waals surface area contributed by atoms with Crippen LogP contribution in [-0.4, -0.2) is 33.4 Å². The van der Waals surface area contributed by atoms with E-state index < -0.39 is 0 Å². The van der Waals surface area contributed by atoms with E-state index in [9.17, 15) is 4.39 Å². The minimum absolute atomic E-state index is 0.322. The molecule has 0 aliphatic rings. The molecule has 0 fully saturated rings. The molecule has 0 unspecified atom stereocenters. The van der Waals surface area contributed by atoms with Crippen LogP contribution >= 0.6 is 0 Å². The van der Waals surface area contributed by atoms with Crippen LogP contribution in [0, 0.1) is 5.82 Å². The lowest BCUT2D eigenvalue weighted by Crippen LogP contribution is -2.07. The molecule has 2 N–H and O–H groups in total. The van der Waals surface area contributed by atoms with Crippen LogP contribution < -0.4 is 5.73 Å². The van der Waals surface area contributed by atoms with E-state index in [4.69, 9.17) is 10.5 Å². The summed E-state index contributed by atoms with van der Waals surface area (Å²) in [6.45, 7) is 4.11. The van der Waals surface area contributed by atoms with Crippen LogP contribution in [-0.2, 0) is 11.3 Å². The fraction of sp³-hybridized carbons (Fsp3) is 0.462. The van der Waals surface area contributed by atoms with Crippen molar-refractivity contribution >= 4 is 5.69 Å². The summed E-state index contributed by atoms with van der Waals surface area (Å²) in [7, 11) is 0. The van der Waals surface area contributed by atoms with Gasteiger partial charge in [-0.15, -0.1) is 5.10 Å². The van der Waals surface area contributed by atoms with E-state index in [2.05, 4.69) is 22.4 Å². The molecule has 7 heteroatoms. The van der Waals surface area contributed by atoms with Crippen LogP contribution in [0.4, 0.5) is 10.1 Å². The van der Waals surface area contributed by atoms with E-state index in [0.717, 1.165) is 19.4 Å². The smallest absolute Gasteiger partial charge is 0.184 e. The summed E-state index contributed by atoms with van der Waals surface area (Å²) in [6, 6.07) is 4.19. The number of nitrogens with two attached hydrogens (primary N) is 1. The number of hydrogen-bond acceptors (Lipinski definition) is 5. The minimum Gasteiger partial charge on any atom is -0.398 e. The number of nitrogens with zero attached hydrogens (tertiary/aromatic N) is 4. The molecule has 1 aromatic heterocycles. The first-order chi connectivity index (χ1) is 9.72. The van der Waals surface area contributed by atoms with E-state index >= 15 is 0 Å². The summed E-state index contributed by atoms with van der Waals surface area (Å²) in [4.78, 5) is 0. The van der Waals surface area contributed by atoms with Crippen LogP contribution in [0.25, 0.3) is 11.4 Å². The van der Waals surface area contributed by atoms with Crippen molar-refractivity contribution in [2.45, 2.75) is 26.3 Å². The lowest BCUT2D eigenvalue weighted by atomic mass is 10.1. The van der Waals surface area contributed by atoms with Gasteiger partial charge >= 0.3 is 0 Å². The van der Waals surface area contributed by atoms with Crippen molar-refractivity contribution in [3.05, 3.63) is 24.0 Å². The highest BCUT2D eigenvalue weighted by atomic mass is 19.1. The van der Waals surface area contributed by atoms with E-state index in [0.29, 0.717) is 30.2 Å². The number of nitrogen functional groups attached to an aromatic ring is 1. The molecule has 2 rings (SSSR count). The summed E-state index contributed by atoms with van der Waals surface area (Å²) in [6.07, 6.45) is 1.81. The fourth-order valence-electron chi connectivity index (χ4n) is 1.85. The lowest BCUT2D eigenvalue weighted by Gasteiger charge is -2.07. The van der Waals surface area contributed by atoms with Gasteiger partial charge in [-0.2, -0.15) is 0 Å². The second kappa shape index (κ2) is 6.95. The number of halogens is 1. The first-order valence-electron chi connectivity index (χ1n) is 6.61. The van der Waals surface area contributed by atoms with Gasteiger partial charge in [0.05, 0.1) is 0 Å². The summed E-state index contributed by atoms with van der Waals surface area (Å²) >= 11 is 0. The van der Waals surface area contributed by atoms with Crippen molar-refractivity contribution in [2.75, 3.05) is 18.9 Å². The zero-order valence-electron chi connectivity index (χ0n) is 11.4. The van der Waals surface area contributed by atoms with Gasteiger partial charge in [0.15, 0.2) is 5.82 Å². The summed E-state index contributed by atoms with van der Waals surface area (Å²) in [5.74, 6) is 0.163. The van der Waals surface area contributed by atoms with Crippen molar-refractivity contribution in [2.24, 2.45) is 0 Å². The van der Waals surface area contributed by atoms with Crippen molar-refractivity contribution < 1.29 is 9.13 Å². The van der Waals surface area contributed by atoms with E-state index in [1.165, 1.54) is 12.1 Å². The molecule has 108 valence electrons. The van der Waals surface area contributed by atoms with E-state index in [1.54, 1.807) is 10.7 Å². The Morgan fingerprint density at radius 3 is 2.95 bits per heavy atom. The molecule has 0 amide bonds. The molecule has 0 saturated carbocycles. The number of rotatable bonds is 7. The Labute approximate surface area is 116 Å². The van der Waals surface area contributed by atoms with Gasteiger partial charge in [0.2, 0.25) is 0 Å². The number of hydrogen-bond donors (Lipinski definition) is 1. The fourth-order valence-corrected chi connectivity index (χ4v) is 1.85. The third kappa shape index (κ3) is 3.51. The second-order valence-electron chi connectivity index (χ2n) is 4.42. The van der Waals surface area contributed by atoms with Gasteiger partial charge < -0.3 is 10.5 Å². The molecular formula is C13H18FN5O. The Balaban J connectivity index is 2.04. The highest BCUT2D eigenvalue weighted by Gasteiger charge is 2.12. The molecule has 0 bridgehead atoms. The maximum absolute atomic E-state index is 13.1. The number of benzene rings is 1. The van der Waals surface area contributed by atoms with Gasteiger partial charge in [0.25, 0.3) is 0 Å². The maximum Gasteiger partial charge on any atom is 0.184 e. The number of aryl methyl sites for hydroxylation is 1.